The Morgan fingerprint density at radius 1 is 1.39 bits per heavy atom. The fraction of sp³-hybridized carbons (Fsp3) is 0.462. The molecule has 5 nitrogen and oxygen atoms in total. The lowest BCUT2D eigenvalue weighted by Crippen LogP contribution is -2.35. The van der Waals surface area contributed by atoms with Crippen molar-refractivity contribution in [3.8, 4) is 5.75 Å². The average molecular weight is 253 g/mol. The van der Waals surface area contributed by atoms with Gasteiger partial charge in [-0.3, -0.25) is 0 Å². The van der Waals surface area contributed by atoms with E-state index in [0.29, 0.717) is 6.54 Å². The quantitative estimate of drug-likeness (QED) is 0.678. The highest BCUT2D eigenvalue weighted by molar-refractivity contribution is 5.90. The number of benzene rings is 1. The summed E-state index contributed by atoms with van der Waals surface area (Å²) in [5.74, 6) is -0.769. The fourth-order valence-electron chi connectivity index (χ4n) is 1.39. The van der Waals surface area contributed by atoms with Gasteiger partial charge in [-0.05, 0) is 12.1 Å². The lowest BCUT2D eigenvalue weighted by atomic mass is 10.2. The van der Waals surface area contributed by atoms with E-state index in [4.69, 9.17) is 9.84 Å². The van der Waals surface area contributed by atoms with Crippen molar-refractivity contribution in [2.45, 2.75) is 26.0 Å². The molecule has 1 aromatic rings. The van der Waals surface area contributed by atoms with Crippen LogP contribution in [0, 0.1) is 0 Å². The number of nitrogens with one attached hydrogen (secondary N) is 1. The van der Waals surface area contributed by atoms with E-state index in [1.54, 1.807) is 18.2 Å². The molecular formula is C13H19NO4. The van der Waals surface area contributed by atoms with Gasteiger partial charge in [-0.15, -0.1) is 0 Å². The van der Waals surface area contributed by atoms with E-state index in [0.717, 1.165) is 0 Å². The molecule has 0 saturated heterocycles. The van der Waals surface area contributed by atoms with Crippen LogP contribution in [-0.4, -0.2) is 41.5 Å². The molecule has 0 heterocycles. The molecular weight excluding hydrogens is 234 g/mol. The van der Waals surface area contributed by atoms with Crippen molar-refractivity contribution in [1.82, 2.24) is 5.32 Å². The van der Waals surface area contributed by atoms with E-state index >= 15 is 0 Å². The summed E-state index contributed by atoms with van der Waals surface area (Å²) < 4.78 is 5.32. The molecule has 1 unspecified atom stereocenters. The molecule has 5 heteroatoms. The second-order valence-electron chi connectivity index (χ2n) is 4.33. The van der Waals surface area contributed by atoms with Crippen LogP contribution in [0.3, 0.4) is 0 Å². The maximum atomic E-state index is 10.9. The fourth-order valence-corrected chi connectivity index (χ4v) is 1.39. The monoisotopic (exact) mass is 253 g/mol. The predicted molar refractivity (Wildman–Crippen MR) is 68.0 cm³/mol. The SMILES string of the molecule is CC(C)NCC(O)COc1ccccc1C(=O)O. The van der Waals surface area contributed by atoms with Crippen molar-refractivity contribution in [3.05, 3.63) is 29.8 Å². The predicted octanol–water partition coefficient (Wildman–Crippen LogP) is 1.12. The smallest absolute Gasteiger partial charge is 0.339 e. The van der Waals surface area contributed by atoms with Crippen molar-refractivity contribution < 1.29 is 19.7 Å². The zero-order valence-electron chi connectivity index (χ0n) is 10.6. The van der Waals surface area contributed by atoms with Gasteiger partial charge in [-0.2, -0.15) is 0 Å². The Morgan fingerprint density at radius 3 is 2.67 bits per heavy atom. The minimum atomic E-state index is -1.04. The van der Waals surface area contributed by atoms with Crippen molar-refractivity contribution in [3.63, 3.8) is 0 Å². The first-order chi connectivity index (χ1) is 8.50. The van der Waals surface area contributed by atoms with Gasteiger partial charge in [0.25, 0.3) is 0 Å². The molecule has 3 N–H and O–H groups in total. The minimum absolute atomic E-state index is 0.0595. The molecule has 0 saturated carbocycles. The van der Waals surface area contributed by atoms with Crippen LogP contribution in [0.5, 0.6) is 5.75 Å². The zero-order valence-corrected chi connectivity index (χ0v) is 10.6. The Morgan fingerprint density at radius 2 is 2.06 bits per heavy atom. The van der Waals surface area contributed by atoms with Crippen molar-refractivity contribution in [1.29, 1.82) is 0 Å². The third-order valence-corrected chi connectivity index (χ3v) is 2.31. The van der Waals surface area contributed by atoms with E-state index in [1.165, 1.54) is 6.07 Å². The van der Waals surface area contributed by atoms with Crippen LogP contribution in [-0.2, 0) is 0 Å². The molecule has 1 aromatic carbocycles. The summed E-state index contributed by atoms with van der Waals surface area (Å²) in [4.78, 5) is 10.9. The van der Waals surface area contributed by atoms with Gasteiger partial charge in [0.05, 0.1) is 0 Å². The highest BCUT2D eigenvalue weighted by Crippen LogP contribution is 2.17. The van der Waals surface area contributed by atoms with Gasteiger partial charge in [-0.25, -0.2) is 4.79 Å². The summed E-state index contributed by atoms with van der Waals surface area (Å²) in [6.45, 7) is 4.43. The Labute approximate surface area is 106 Å². The average Bonchev–Trinajstić information content (AvgIpc) is 2.34. The Balaban J connectivity index is 2.50. The molecule has 0 amide bonds. The number of carboxylic acid groups (broad SMARTS) is 1. The third-order valence-electron chi connectivity index (χ3n) is 2.31. The molecule has 0 aliphatic heterocycles. The second-order valence-corrected chi connectivity index (χ2v) is 4.33. The second kappa shape index (κ2) is 6.98. The normalized spacial score (nSPS) is 12.4. The van der Waals surface area contributed by atoms with Gasteiger partial charge < -0.3 is 20.3 Å². The van der Waals surface area contributed by atoms with Crippen LogP contribution in [0.1, 0.15) is 24.2 Å². The first-order valence-corrected chi connectivity index (χ1v) is 5.87. The van der Waals surface area contributed by atoms with Crippen molar-refractivity contribution in [2.24, 2.45) is 0 Å². The van der Waals surface area contributed by atoms with E-state index in [1.807, 2.05) is 13.8 Å². The summed E-state index contributed by atoms with van der Waals surface area (Å²) >= 11 is 0. The number of carboxylic acids is 1. The lowest BCUT2D eigenvalue weighted by molar-refractivity contribution is 0.0682. The van der Waals surface area contributed by atoms with Gasteiger partial charge in [0.2, 0.25) is 0 Å². The molecule has 0 bridgehead atoms. The Kier molecular flexibility index (Phi) is 5.61. The summed E-state index contributed by atoms with van der Waals surface area (Å²) in [5, 5.41) is 21.7. The van der Waals surface area contributed by atoms with Crippen LogP contribution in [0.15, 0.2) is 24.3 Å². The number of carbonyl (C=O) groups is 1. The number of ether oxygens (including phenoxy) is 1. The van der Waals surface area contributed by atoms with Crippen molar-refractivity contribution in [2.75, 3.05) is 13.2 Å². The molecule has 0 fully saturated rings. The minimum Gasteiger partial charge on any atom is -0.490 e. The summed E-state index contributed by atoms with van der Waals surface area (Å²) in [5.41, 5.74) is 0.0986. The van der Waals surface area contributed by atoms with E-state index < -0.39 is 12.1 Å². The van der Waals surface area contributed by atoms with E-state index in [9.17, 15) is 9.90 Å². The lowest BCUT2D eigenvalue weighted by Gasteiger charge is -2.15. The topological polar surface area (TPSA) is 78.8 Å². The van der Waals surface area contributed by atoms with Gasteiger partial charge in [0, 0.05) is 12.6 Å². The molecule has 18 heavy (non-hydrogen) atoms. The number of aromatic carboxylic acids is 1. The highest BCUT2D eigenvalue weighted by Gasteiger charge is 2.12. The number of hydrogen-bond acceptors (Lipinski definition) is 4. The molecule has 0 aromatic heterocycles. The van der Waals surface area contributed by atoms with Crippen LogP contribution in [0.25, 0.3) is 0 Å². The van der Waals surface area contributed by atoms with Crippen LogP contribution in [0.4, 0.5) is 0 Å². The third kappa shape index (κ3) is 4.73. The van der Waals surface area contributed by atoms with Crippen LogP contribution in [0.2, 0.25) is 0 Å². The molecule has 0 aliphatic carbocycles. The maximum Gasteiger partial charge on any atom is 0.339 e. The number of para-hydroxylation sites is 1. The van der Waals surface area contributed by atoms with Gasteiger partial charge >= 0.3 is 5.97 Å². The molecule has 100 valence electrons. The molecule has 0 aliphatic rings. The summed E-state index contributed by atoms with van der Waals surface area (Å²) in [6, 6.07) is 6.65. The number of aliphatic hydroxyl groups excluding tert-OH is 1. The van der Waals surface area contributed by atoms with Gasteiger partial charge in [0.15, 0.2) is 0 Å². The standard InChI is InChI=1S/C13H19NO4/c1-9(2)14-7-10(15)8-18-12-6-4-3-5-11(12)13(16)17/h3-6,9-10,14-15H,7-8H2,1-2H3,(H,16,17). The molecule has 1 rings (SSSR count). The Hall–Kier alpha value is -1.59. The molecule has 0 spiro atoms. The van der Waals surface area contributed by atoms with Crippen LogP contribution < -0.4 is 10.1 Å². The number of aliphatic hydroxyl groups is 1. The van der Waals surface area contributed by atoms with Gasteiger partial charge in [0.1, 0.15) is 24.0 Å². The summed E-state index contributed by atoms with van der Waals surface area (Å²) in [7, 11) is 0. The van der Waals surface area contributed by atoms with Gasteiger partial charge in [-0.1, -0.05) is 26.0 Å². The molecule has 1 atom stereocenters. The van der Waals surface area contributed by atoms with E-state index in [2.05, 4.69) is 5.32 Å². The first-order valence-electron chi connectivity index (χ1n) is 5.87. The maximum absolute atomic E-state index is 10.9. The number of rotatable bonds is 7. The molecule has 0 radical (unpaired) electrons. The number of hydrogen-bond donors (Lipinski definition) is 3. The zero-order chi connectivity index (χ0) is 13.5. The van der Waals surface area contributed by atoms with Crippen LogP contribution >= 0.6 is 0 Å². The summed E-state index contributed by atoms with van der Waals surface area (Å²) in [6.07, 6.45) is -0.672. The highest BCUT2D eigenvalue weighted by atomic mass is 16.5. The Bertz CT molecular complexity index is 392. The van der Waals surface area contributed by atoms with Crippen molar-refractivity contribution >= 4 is 5.97 Å². The van der Waals surface area contributed by atoms with E-state index in [-0.39, 0.29) is 24.0 Å². The largest absolute Gasteiger partial charge is 0.490 e. The first kappa shape index (κ1) is 14.5.